The van der Waals surface area contributed by atoms with Gasteiger partial charge in [0.25, 0.3) is 0 Å². The standard InChI is InChI=1S/C15H13BrO2/c1-10-7-11(2)9-12(8-10)18-15(17)13-5-3-4-6-14(13)16/h3-9H,1-2H3. The minimum Gasteiger partial charge on any atom is -0.423 e. The van der Waals surface area contributed by atoms with E-state index in [4.69, 9.17) is 4.74 Å². The summed E-state index contributed by atoms with van der Waals surface area (Å²) in [5.41, 5.74) is 2.67. The zero-order valence-corrected chi connectivity index (χ0v) is 11.8. The highest BCUT2D eigenvalue weighted by molar-refractivity contribution is 9.10. The van der Waals surface area contributed by atoms with Gasteiger partial charge >= 0.3 is 5.97 Å². The fourth-order valence-electron chi connectivity index (χ4n) is 1.78. The maximum atomic E-state index is 12.0. The van der Waals surface area contributed by atoms with Crippen molar-refractivity contribution in [3.63, 3.8) is 0 Å². The predicted molar refractivity (Wildman–Crippen MR) is 75.0 cm³/mol. The second-order valence-corrected chi connectivity index (χ2v) is 5.05. The quantitative estimate of drug-likeness (QED) is 0.611. The second kappa shape index (κ2) is 5.36. The van der Waals surface area contributed by atoms with E-state index in [1.807, 2.05) is 50.2 Å². The molecule has 0 N–H and O–H groups in total. The molecular weight excluding hydrogens is 292 g/mol. The molecule has 0 aromatic heterocycles. The molecule has 0 bridgehead atoms. The van der Waals surface area contributed by atoms with E-state index in [1.54, 1.807) is 6.07 Å². The molecule has 0 unspecified atom stereocenters. The summed E-state index contributed by atoms with van der Waals surface area (Å²) in [6.07, 6.45) is 0. The molecule has 2 aromatic rings. The molecule has 92 valence electrons. The Morgan fingerprint density at radius 1 is 1.06 bits per heavy atom. The van der Waals surface area contributed by atoms with Crippen LogP contribution in [0.1, 0.15) is 21.5 Å². The van der Waals surface area contributed by atoms with Crippen molar-refractivity contribution in [3.8, 4) is 5.75 Å². The van der Waals surface area contributed by atoms with E-state index in [2.05, 4.69) is 15.9 Å². The number of aryl methyl sites for hydroxylation is 2. The fourth-order valence-corrected chi connectivity index (χ4v) is 2.23. The third-order valence-corrected chi connectivity index (χ3v) is 3.19. The molecule has 0 aliphatic carbocycles. The molecule has 0 saturated carbocycles. The van der Waals surface area contributed by atoms with Gasteiger partial charge in [0.1, 0.15) is 5.75 Å². The Labute approximate surface area is 115 Å². The summed E-state index contributed by atoms with van der Waals surface area (Å²) in [5, 5.41) is 0. The number of carbonyl (C=O) groups excluding carboxylic acids is 1. The minimum absolute atomic E-state index is 0.354. The Morgan fingerprint density at radius 3 is 2.28 bits per heavy atom. The highest BCUT2D eigenvalue weighted by Crippen LogP contribution is 2.21. The van der Waals surface area contributed by atoms with E-state index >= 15 is 0 Å². The first-order valence-electron chi connectivity index (χ1n) is 5.61. The molecule has 2 aromatic carbocycles. The Morgan fingerprint density at radius 2 is 1.67 bits per heavy atom. The first-order valence-corrected chi connectivity index (χ1v) is 6.40. The molecule has 3 heteroatoms. The lowest BCUT2D eigenvalue weighted by Crippen LogP contribution is -2.09. The smallest absolute Gasteiger partial charge is 0.344 e. The molecule has 2 nitrogen and oxygen atoms in total. The minimum atomic E-state index is -0.354. The SMILES string of the molecule is Cc1cc(C)cc(OC(=O)c2ccccc2Br)c1. The summed E-state index contributed by atoms with van der Waals surface area (Å²) < 4.78 is 6.11. The number of hydrogen-bond acceptors (Lipinski definition) is 2. The molecule has 0 spiro atoms. The van der Waals surface area contributed by atoms with E-state index in [9.17, 15) is 4.79 Å². The van der Waals surface area contributed by atoms with E-state index in [-0.39, 0.29) is 5.97 Å². The van der Waals surface area contributed by atoms with Crippen molar-refractivity contribution in [2.45, 2.75) is 13.8 Å². The Balaban J connectivity index is 2.24. The topological polar surface area (TPSA) is 26.3 Å². The van der Waals surface area contributed by atoms with Gasteiger partial charge in [-0.2, -0.15) is 0 Å². The fraction of sp³-hybridized carbons (Fsp3) is 0.133. The van der Waals surface area contributed by atoms with Crippen molar-refractivity contribution in [2.24, 2.45) is 0 Å². The maximum absolute atomic E-state index is 12.0. The summed E-state index contributed by atoms with van der Waals surface area (Å²) in [7, 11) is 0. The lowest BCUT2D eigenvalue weighted by atomic mass is 10.1. The number of rotatable bonds is 2. The zero-order chi connectivity index (χ0) is 13.1. The molecule has 0 radical (unpaired) electrons. The molecule has 0 aliphatic rings. The summed E-state index contributed by atoms with van der Waals surface area (Å²) in [4.78, 5) is 12.0. The van der Waals surface area contributed by atoms with Gasteiger partial charge in [0, 0.05) is 4.47 Å². The summed E-state index contributed by atoms with van der Waals surface area (Å²) >= 11 is 3.34. The van der Waals surface area contributed by atoms with Gasteiger partial charge in [-0.25, -0.2) is 4.79 Å². The van der Waals surface area contributed by atoms with Gasteiger partial charge in [0.2, 0.25) is 0 Å². The van der Waals surface area contributed by atoms with Crippen molar-refractivity contribution in [2.75, 3.05) is 0 Å². The Kier molecular flexibility index (Phi) is 3.82. The van der Waals surface area contributed by atoms with Gasteiger partial charge in [-0.1, -0.05) is 18.2 Å². The average Bonchev–Trinajstić information content (AvgIpc) is 2.27. The van der Waals surface area contributed by atoms with Crippen molar-refractivity contribution in [1.82, 2.24) is 0 Å². The molecule has 0 atom stereocenters. The van der Waals surface area contributed by atoms with Gasteiger partial charge in [-0.3, -0.25) is 0 Å². The van der Waals surface area contributed by atoms with Crippen LogP contribution in [-0.2, 0) is 0 Å². The van der Waals surface area contributed by atoms with Crippen LogP contribution >= 0.6 is 15.9 Å². The maximum Gasteiger partial charge on any atom is 0.344 e. The predicted octanol–water partition coefficient (Wildman–Crippen LogP) is 4.29. The molecule has 2 rings (SSSR count). The molecule has 0 heterocycles. The number of esters is 1. The monoisotopic (exact) mass is 304 g/mol. The first-order chi connectivity index (χ1) is 8.56. The number of carbonyl (C=O) groups is 1. The van der Waals surface area contributed by atoms with Gasteiger partial charge < -0.3 is 4.74 Å². The van der Waals surface area contributed by atoms with Gasteiger partial charge in [-0.15, -0.1) is 0 Å². The highest BCUT2D eigenvalue weighted by Gasteiger charge is 2.12. The van der Waals surface area contributed by atoms with E-state index in [0.717, 1.165) is 15.6 Å². The normalized spacial score (nSPS) is 10.2. The van der Waals surface area contributed by atoms with Gasteiger partial charge in [0.15, 0.2) is 0 Å². The van der Waals surface area contributed by atoms with E-state index in [1.165, 1.54) is 0 Å². The third kappa shape index (κ3) is 2.99. The van der Waals surface area contributed by atoms with Crippen LogP contribution in [0, 0.1) is 13.8 Å². The van der Waals surface area contributed by atoms with Crippen molar-refractivity contribution < 1.29 is 9.53 Å². The van der Waals surface area contributed by atoms with Gasteiger partial charge in [-0.05, 0) is 65.2 Å². The van der Waals surface area contributed by atoms with Crippen LogP contribution in [0.5, 0.6) is 5.75 Å². The summed E-state index contributed by atoms with van der Waals surface area (Å²) in [6.45, 7) is 3.95. The molecular formula is C15H13BrO2. The Hall–Kier alpha value is -1.61. The summed E-state index contributed by atoms with van der Waals surface area (Å²) in [5.74, 6) is 0.223. The van der Waals surface area contributed by atoms with E-state index < -0.39 is 0 Å². The molecule has 0 aliphatic heterocycles. The van der Waals surface area contributed by atoms with Crippen molar-refractivity contribution >= 4 is 21.9 Å². The molecule has 0 fully saturated rings. The van der Waals surface area contributed by atoms with Crippen LogP contribution in [-0.4, -0.2) is 5.97 Å². The first kappa shape index (κ1) is 12.8. The van der Waals surface area contributed by atoms with Crippen LogP contribution in [0.3, 0.4) is 0 Å². The summed E-state index contributed by atoms with van der Waals surface area (Å²) in [6, 6.07) is 13.0. The largest absolute Gasteiger partial charge is 0.423 e. The van der Waals surface area contributed by atoms with Crippen molar-refractivity contribution in [1.29, 1.82) is 0 Å². The van der Waals surface area contributed by atoms with Crippen LogP contribution in [0.15, 0.2) is 46.9 Å². The lowest BCUT2D eigenvalue weighted by molar-refractivity contribution is 0.0733. The molecule has 18 heavy (non-hydrogen) atoms. The average molecular weight is 305 g/mol. The molecule has 0 amide bonds. The van der Waals surface area contributed by atoms with Crippen molar-refractivity contribution in [3.05, 3.63) is 63.6 Å². The number of benzene rings is 2. The van der Waals surface area contributed by atoms with Gasteiger partial charge in [0.05, 0.1) is 5.56 Å². The lowest BCUT2D eigenvalue weighted by Gasteiger charge is -2.07. The number of hydrogen-bond donors (Lipinski definition) is 0. The molecule has 0 saturated heterocycles. The number of halogens is 1. The van der Waals surface area contributed by atoms with Crippen LogP contribution < -0.4 is 4.74 Å². The van der Waals surface area contributed by atoms with E-state index in [0.29, 0.717) is 11.3 Å². The zero-order valence-electron chi connectivity index (χ0n) is 10.2. The van der Waals surface area contributed by atoms with Crippen LogP contribution in [0.4, 0.5) is 0 Å². The van der Waals surface area contributed by atoms with Crippen LogP contribution in [0.25, 0.3) is 0 Å². The highest BCUT2D eigenvalue weighted by atomic mass is 79.9. The number of ether oxygens (including phenoxy) is 1. The Bertz CT molecular complexity index is 571. The van der Waals surface area contributed by atoms with Crippen LogP contribution in [0.2, 0.25) is 0 Å². The second-order valence-electron chi connectivity index (χ2n) is 4.19. The third-order valence-electron chi connectivity index (χ3n) is 2.50.